The van der Waals surface area contributed by atoms with E-state index in [1.807, 2.05) is 6.92 Å². The summed E-state index contributed by atoms with van der Waals surface area (Å²) >= 11 is 0. The number of ether oxygens (including phenoxy) is 2. The molecule has 0 saturated carbocycles. The van der Waals surface area contributed by atoms with Gasteiger partial charge in [-0.15, -0.1) is 0 Å². The number of aryl methyl sites for hydroxylation is 1. The summed E-state index contributed by atoms with van der Waals surface area (Å²) in [6.45, 7) is 5.79. The largest absolute Gasteiger partial charge is 0.494 e. The van der Waals surface area contributed by atoms with E-state index in [0.717, 1.165) is 25.2 Å². The third-order valence-electron chi connectivity index (χ3n) is 5.49. The van der Waals surface area contributed by atoms with Gasteiger partial charge in [0.15, 0.2) is 0 Å². The predicted molar refractivity (Wildman–Crippen MR) is 101 cm³/mol. The molecule has 1 unspecified atom stereocenters. The lowest BCUT2D eigenvalue weighted by Gasteiger charge is -2.43. The van der Waals surface area contributed by atoms with Crippen LogP contribution in [0.25, 0.3) is 0 Å². The van der Waals surface area contributed by atoms with Gasteiger partial charge in [0.05, 0.1) is 18.8 Å². The van der Waals surface area contributed by atoms with E-state index in [1.165, 1.54) is 28.8 Å². The molecule has 0 aromatic heterocycles. The van der Waals surface area contributed by atoms with E-state index in [-0.39, 0.29) is 6.10 Å². The molecule has 2 aromatic carbocycles. The molecule has 25 heavy (non-hydrogen) atoms. The third-order valence-corrected chi connectivity index (χ3v) is 5.49. The highest BCUT2D eigenvalue weighted by molar-refractivity contribution is 5.58. The van der Waals surface area contributed by atoms with Gasteiger partial charge in [-0.2, -0.15) is 0 Å². The van der Waals surface area contributed by atoms with Crippen molar-refractivity contribution < 1.29 is 9.47 Å². The molecule has 0 spiro atoms. The van der Waals surface area contributed by atoms with Gasteiger partial charge in [-0.1, -0.05) is 31.2 Å². The van der Waals surface area contributed by atoms with Gasteiger partial charge in [0.25, 0.3) is 0 Å². The monoisotopic (exact) mass is 337 g/mol. The van der Waals surface area contributed by atoms with E-state index >= 15 is 0 Å². The quantitative estimate of drug-likeness (QED) is 0.823. The van der Waals surface area contributed by atoms with Crippen molar-refractivity contribution in [2.75, 3.05) is 18.5 Å². The van der Waals surface area contributed by atoms with E-state index in [2.05, 4.69) is 54.7 Å². The van der Waals surface area contributed by atoms with Gasteiger partial charge in [-0.25, -0.2) is 0 Å². The summed E-state index contributed by atoms with van der Waals surface area (Å²) < 4.78 is 11.8. The molecule has 2 aliphatic heterocycles. The van der Waals surface area contributed by atoms with Crippen LogP contribution in [-0.2, 0) is 11.2 Å². The van der Waals surface area contributed by atoms with Crippen molar-refractivity contribution in [1.29, 1.82) is 0 Å². The summed E-state index contributed by atoms with van der Waals surface area (Å²) in [7, 11) is 0. The van der Waals surface area contributed by atoms with Gasteiger partial charge < -0.3 is 14.8 Å². The van der Waals surface area contributed by atoms with E-state index in [0.29, 0.717) is 18.6 Å². The number of rotatable bonds is 4. The third kappa shape index (κ3) is 3.13. The number of hydrogen-bond acceptors (Lipinski definition) is 3. The van der Waals surface area contributed by atoms with Crippen LogP contribution in [-0.4, -0.2) is 13.2 Å². The van der Waals surface area contributed by atoms with E-state index in [1.54, 1.807) is 0 Å². The second kappa shape index (κ2) is 7.09. The molecular weight excluding hydrogens is 310 g/mol. The summed E-state index contributed by atoms with van der Waals surface area (Å²) in [5.41, 5.74) is 5.26. The summed E-state index contributed by atoms with van der Waals surface area (Å²) in [5, 5.41) is 3.79. The molecule has 3 nitrogen and oxygen atoms in total. The molecule has 0 aliphatic carbocycles. The Morgan fingerprint density at radius 3 is 2.72 bits per heavy atom. The van der Waals surface area contributed by atoms with Crippen molar-refractivity contribution in [1.82, 2.24) is 0 Å². The maximum atomic E-state index is 6.26. The summed E-state index contributed by atoms with van der Waals surface area (Å²) in [4.78, 5) is 0. The van der Waals surface area contributed by atoms with E-state index in [4.69, 9.17) is 9.47 Å². The Morgan fingerprint density at radius 1 is 1.12 bits per heavy atom. The molecule has 132 valence electrons. The molecule has 0 bridgehead atoms. The van der Waals surface area contributed by atoms with Crippen molar-refractivity contribution in [2.24, 2.45) is 5.92 Å². The second-order valence-electron chi connectivity index (χ2n) is 7.00. The van der Waals surface area contributed by atoms with Crippen LogP contribution in [0.2, 0.25) is 0 Å². The lowest BCUT2D eigenvalue weighted by Crippen LogP contribution is -2.36. The summed E-state index contributed by atoms with van der Waals surface area (Å²) in [6.07, 6.45) is 3.60. The highest BCUT2D eigenvalue weighted by Crippen LogP contribution is 2.49. The smallest absolute Gasteiger partial charge is 0.119 e. The Labute approximate surface area is 150 Å². The first-order valence-corrected chi connectivity index (χ1v) is 9.54. The molecule has 2 heterocycles. The molecule has 3 heteroatoms. The zero-order valence-electron chi connectivity index (χ0n) is 15.1. The SMILES string of the molecule is CCOc1ccc(C2Nc3ccc(CC)cc3[C@H]3OCCC[C@@H]23)cc1. The van der Waals surface area contributed by atoms with Crippen LogP contribution in [0.5, 0.6) is 5.75 Å². The number of benzene rings is 2. The van der Waals surface area contributed by atoms with Gasteiger partial charge >= 0.3 is 0 Å². The second-order valence-corrected chi connectivity index (χ2v) is 7.00. The highest BCUT2D eigenvalue weighted by Gasteiger charge is 2.39. The van der Waals surface area contributed by atoms with Gasteiger partial charge in [0, 0.05) is 23.8 Å². The average molecular weight is 337 g/mol. The Bertz CT molecular complexity index is 725. The molecule has 1 saturated heterocycles. The maximum Gasteiger partial charge on any atom is 0.119 e. The van der Waals surface area contributed by atoms with Gasteiger partial charge in [0.1, 0.15) is 5.75 Å². The van der Waals surface area contributed by atoms with Crippen LogP contribution in [0.1, 0.15) is 55.5 Å². The number of fused-ring (bicyclic) bond motifs is 3. The van der Waals surface area contributed by atoms with E-state index in [9.17, 15) is 0 Å². The zero-order valence-corrected chi connectivity index (χ0v) is 15.1. The fourth-order valence-corrected chi connectivity index (χ4v) is 4.21. The Balaban J connectivity index is 1.68. The first kappa shape index (κ1) is 16.5. The minimum absolute atomic E-state index is 0.202. The fraction of sp³-hybridized carbons (Fsp3) is 0.455. The molecule has 2 aliphatic rings. The lowest BCUT2D eigenvalue weighted by atomic mass is 9.77. The molecule has 0 amide bonds. The molecule has 2 aromatic rings. The number of anilines is 1. The molecular formula is C22H27NO2. The molecule has 1 fully saturated rings. The highest BCUT2D eigenvalue weighted by atomic mass is 16.5. The van der Waals surface area contributed by atoms with Crippen LogP contribution in [0.3, 0.4) is 0 Å². The van der Waals surface area contributed by atoms with Crippen LogP contribution >= 0.6 is 0 Å². The standard InChI is InChI=1S/C22H27NO2/c1-3-15-7-12-20-19(14-15)22-18(6-5-13-25-22)21(23-20)16-8-10-17(11-9-16)24-4-2/h7-12,14,18,21-23H,3-6,13H2,1-2H3/t18-,21?,22-/m0/s1. The van der Waals surface area contributed by atoms with E-state index < -0.39 is 0 Å². The Hall–Kier alpha value is -2.00. The lowest BCUT2D eigenvalue weighted by molar-refractivity contribution is -0.0381. The first-order chi connectivity index (χ1) is 12.3. The first-order valence-electron chi connectivity index (χ1n) is 9.54. The van der Waals surface area contributed by atoms with Crippen molar-refractivity contribution >= 4 is 5.69 Å². The number of hydrogen-bond donors (Lipinski definition) is 1. The molecule has 0 radical (unpaired) electrons. The summed E-state index contributed by atoms with van der Waals surface area (Å²) in [6, 6.07) is 15.6. The van der Waals surface area contributed by atoms with Crippen LogP contribution in [0.15, 0.2) is 42.5 Å². The Morgan fingerprint density at radius 2 is 1.96 bits per heavy atom. The molecule has 3 atom stereocenters. The minimum Gasteiger partial charge on any atom is -0.494 e. The maximum absolute atomic E-state index is 6.26. The van der Waals surface area contributed by atoms with Gasteiger partial charge in [-0.05, 0) is 55.5 Å². The van der Waals surface area contributed by atoms with Crippen molar-refractivity contribution in [2.45, 2.75) is 45.3 Å². The molecule has 1 N–H and O–H groups in total. The Kier molecular flexibility index (Phi) is 4.67. The zero-order chi connectivity index (χ0) is 17.2. The van der Waals surface area contributed by atoms with Crippen molar-refractivity contribution in [3.63, 3.8) is 0 Å². The number of nitrogens with one attached hydrogen (secondary N) is 1. The summed E-state index contributed by atoms with van der Waals surface area (Å²) in [5.74, 6) is 1.41. The van der Waals surface area contributed by atoms with Crippen LogP contribution in [0, 0.1) is 5.92 Å². The fourth-order valence-electron chi connectivity index (χ4n) is 4.21. The van der Waals surface area contributed by atoms with Crippen LogP contribution in [0.4, 0.5) is 5.69 Å². The van der Waals surface area contributed by atoms with Gasteiger partial charge in [0.2, 0.25) is 0 Å². The molecule has 4 rings (SSSR count). The topological polar surface area (TPSA) is 30.5 Å². The minimum atomic E-state index is 0.202. The van der Waals surface area contributed by atoms with Gasteiger partial charge in [-0.3, -0.25) is 0 Å². The predicted octanol–water partition coefficient (Wildman–Crippen LogP) is 5.28. The van der Waals surface area contributed by atoms with Crippen molar-refractivity contribution in [3.8, 4) is 5.75 Å². The normalized spacial score (nSPS) is 24.8. The average Bonchev–Trinajstić information content (AvgIpc) is 2.68. The van der Waals surface area contributed by atoms with Crippen molar-refractivity contribution in [3.05, 3.63) is 59.2 Å². The van der Waals surface area contributed by atoms with Crippen LogP contribution < -0.4 is 10.1 Å².